The van der Waals surface area contributed by atoms with Gasteiger partial charge in [-0.3, -0.25) is 4.79 Å². The summed E-state index contributed by atoms with van der Waals surface area (Å²) in [5.74, 6) is 0.963. The van der Waals surface area contributed by atoms with Crippen molar-refractivity contribution in [2.24, 2.45) is 5.92 Å². The largest absolute Gasteiger partial charge is 0.344 e. The van der Waals surface area contributed by atoms with Crippen molar-refractivity contribution in [2.75, 3.05) is 20.1 Å². The number of amides is 1. The number of rotatable bonds is 3. The van der Waals surface area contributed by atoms with Gasteiger partial charge in [0.1, 0.15) is 0 Å². The van der Waals surface area contributed by atoms with Gasteiger partial charge in [0.2, 0.25) is 5.91 Å². The molecule has 13 heavy (non-hydrogen) atoms. The average molecular weight is 184 g/mol. The number of piperidine rings is 1. The molecule has 1 rings (SSSR count). The Labute approximate surface area is 80.5 Å². The zero-order chi connectivity index (χ0) is 9.84. The highest BCUT2D eigenvalue weighted by atomic mass is 16.2. The molecule has 0 saturated carbocycles. The van der Waals surface area contributed by atoms with Gasteiger partial charge in [0.05, 0.1) is 0 Å². The molecule has 1 atom stereocenters. The molecule has 0 bridgehead atoms. The Bertz CT molecular complexity index is 180. The Hall–Kier alpha value is -0.570. The molecule has 0 aromatic rings. The third kappa shape index (κ3) is 3.35. The van der Waals surface area contributed by atoms with Crippen molar-refractivity contribution >= 4 is 5.91 Å². The molecular weight excluding hydrogens is 164 g/mol. The van der Waals surface area contributed by atoms with E-state index in [0.29, 0.717) is 18.4 Å². The lowest BCUT2D eigenvalue weighted by Gasteiger charge is -2.30. The predicted octanol–water partition coefficient (Wildman–Crippen LogP) is 0.853. The molecule has 0 aliphatic carbocycles. The van der Waals surface area contributed by atoms with Crippen LogP contribution in [0.5, 0.6) is 0 Å². The number of likely N-dealkylation sites (N-methyl/N-ethyl adjacent to an activating group) is 1. The summed E-state index contributed by atoms with van der Waals surface area (Å²) in [7, 11) is 1.88. The molecule has 76 valence electrons. The van der Waals surface area contributed by atoms with Crippen LogP contribution in [0, 0.1) is 5.92 Å². The second-order valence-electron chi connectivity index (χ2n) is 4.31. The number of hydrogen-bond donors (Lipinski definition) is 1. The minimum Gasteiger partial charge on any atom is -0.344 e. The maximum atomic E-state index is 11.2. The summed E-state index contributed by atoms with van der Waals surface area (Å²) in [5.41, 5.74) is 0. The van der Waals surface area contributed by atoms with Gasteiger partial charge in [0.15, 0.2) is 0 Å². The van der Waals surface area contributed by atoms with E-state index in [1.807, 2.05) is 11.9 Å². The van der Waals surface area contributed by atoms with Crippen molar-refractivity contribution in [1.82, 2.24) is 10.2 Å². The van der Waals surface area contributed by atoms with Gasteiger partial charge >= 0.3 is 0 Å². The average Bonchev–Trinajstić information content (AvgIpc) is 2.07. The third-order valence-corrected chi connectivity index (χ3v) is 2.44. The van der Waals surface area contributed by atoms with Crippen LogP contribution in [0.25, 0.3) is 0 Å². The SMILES string of the molecule is CC(C)CNC1CCC(=O)N(C)C1. The Kier molecular flexibility index (Phi) is 3.72. The highest BCUT2D eigenvalue weighted by molar-refractivity contribution is 5.76. The van der Waals surface area contributed by atoms with E-state index in [-0.39, 0.29) is 5.91 Å². The minimum atomic E-state index is 0.280. The zero-order valence-corrected chi connectivity index (χ0v) is 8.84. The van der Waals surface area contributed by atoms with Crippen LogP contribution in [0.1, 0.15) is 26.7 Å². The normalized spacial score (nSPS) is 24.2. The van der Waals surface area contributed by atoms with Crippen LogP contribution in [0.3, 0.4) is 0 Å². The van der Waals surface area contributed by atoms with Crippen molar-refractivity contribution in [3.63, 3.8) is 0 Å². The Morgan fingerprint density at radius 1 is 1.62 bits per heavy atom. The summed E-state index contributed by atoms with van der Waals surface area (Å²) in [4.78, 5) is 13.0. The zero-order valence-electron chi connectivity index (χ0n) is 8.84. The molecule has 0 spiro atoms. The van der Waals surface area contributed by atoms with E-state index in [4.69, 9.17) is 0 Å². The molecule has 1 N–H and O–H groups in total. The lowest BCUT2D eigenvalue weighted by atomic mass is 10.1. The molecular formula is C10H20N2O. The summed E-state index contributed by atoms with van der Waals surface area (Å²) in [6.07, 6.45) is 1.70. The van der Waals surface area contributed by atoms with E-state index in [1.165, 1.54) is 0 Å². The van der Waals surface area contributed by atoms with Crippen molar-refractivity contribution in [3.05, 3.63) is 0 Å². The lowest BCUT2D eigenvalue weighted by molar-refractivity contribution is -0.132. The van der Waals surface area contributed by atoms with Crippen LogP contribution < -0.4 is 5.32 Å². The fraction of sp³-hybridized carbons (Fsp3) is 0.900. The molecule has 0 radical (unpaired) electrons. The number of nitrogens with zero attached hydrogens (tertiary/aromatic N) is 1. The molecule has 1 amide bonds. The van der Waals surface area contributed by atoms with Gasteiger partial charge in [-0.1, -0.05) is 13.8 Å². The molecule has 1 unspecified atom stereocenters. The number of carbonyl (C=O) groups is 1. The monoisotopic (exact) mass is 184 g/mol. The van der Waals surface area contributed by atoms with E-state index in [0.717, 1.165) is 19.5 Å². The smallest absolute Gasteiger partial charge is 0.222 e. The number of carbonyl (C=O) groups excluding carboxylic acids is 1. The summed E-state index contributed by atoms with van der Waals surface area (Å²) < 4.78 is 0. The molecule has 1 saturated heterocycles. The van der Waals surface area contributed by atoms with E-state index in [9.17, 15) is 4.79 Å². The molecule has 3 nitrogen and oxygen atoms in total. The molecule has 3 heteroatoms. The van der Waals surface area contributed by atoms with E-state index in [2.05, 4.69) is 19.2 Å². The van der Waals surface area contributed by atoms with Crippen LogP contribution in [0.2, 0.25) is 0 Å². The molecule has 1 aliphatic rings. The fourth-order valence-corrected chi connectivity index (χ4v) is 1.58. The van der Waals surface area contributed by atoms with Crippen molar-refractivity contribution in [3.8, 4) is 0 Å². The number of likely N-dealkylation sites (tertiary alicyclic amines) is 1. The van der Waals surface area contributed by atoms with Crippen molar-refractivity contribution in [1.29, 1.82) is 0 Å². The van der Waals surface area contributed by atoms with E-state index < -0.39 is 0 Å². The highest BCUT2D eigenvalue weighted by Gasteiger charge is 2.21. The predicted molar refractivity (Wildman–Crippen MR) is 53.5 cm³/mol. The number of nitrogens with one attached hydrogen (secondary N) is 1. The Balaban J connectivity index is 2.25. The van der Waals surface area contributed by atoms with Crippen molar-refractivity contribution in [2.45, 2.75) is 32.7 Å². The summed E-state index contributed by atoms with van der Waals surface area (Å²) in [6, 6.07) is 0.505. The highest BCUT2D eigenvalue weighted by Crippen LogP contribution is 2.09. The topological polar surface area (TPSA) is 32.3 Å². The first-order chi connectivity index (χ1) is 6.09. The Morgan fingerprint density at radius 3 is 2.85 bits per heavy atom. The molecule has 1 fully saturated rings. The van der Waals surface area contributed by atoms with E-state index in [1.54, 1.807) is 0 Å². The molecule has 0 aromatic heterocycles. The van der Waals surface area contributed by atoms with Crippen LogP contribution in [0.15, 0.2) is 0 Å². The molecule has 1 aliphatic heterocycles. The van der Waals surface area contributed by atoms with Gasteiger partial charge in [-0.15, -0.1) is 0 Å². The van der Waals surface area contributed by atoms with Gasteiger partial charge in [-0.25, -0.2) is 0 Å². The lowest BCUT2D eigenvalue weighted by Crippen LogP contribution is -2.47. The van der Waals surface area contributed by atoms with Crippen molar-refractivity contribution < 1.29 is 4.79 Å². The van der Waals surface area contributed by atoms with Gasteiger partial charge in [-0.05, 0) is 18.9 Å². The minimum absolute atomic E-state index is 0.280. The second-order valence-corrected chi connectivity index (χ2v) is 4.31. The van der Waals surface area contributed by atoms with Crippen LogP contribution in [-0.2, 0) is 4.79 Å². The maximum Gasteiger partial charge on any atom is 0.222 e. The molecule has 0 aromatic carbocycles. The third-order valence-electron chi connectivity index (χ3n) is 2.44. The first kappa shape index (κ1) is 10.5. The first-order valence-corrected chi connectivity index (χ1v) is 5.07. The van der Waals surface area contributed by atoms with Crippen LogP contribution >= 0.6 is 0 Å². The maximum absolute atomic E-state index is 11.2. The standard InChI is InChI=1S/C10H20N2O/c1-8(2)6-11-9-4-5-10(13)12(3)7-9/h8-9,11H,4-7H2,1-3H3. The van der Waals surface area contributed by atoms with Gasteiger partial charge in [-0.2, -0.15) is 0 Å². The quantitative estimate of drug-likeness (QED) is 0.705. The molecule has 1 heterocycles. The van der Waals surface area contributed by atoms with Crippen LogP contribution in [-0.4, -0.2) is 37.0 Å². The van der Waals surface area contributed by atoms with Gasteiger partial charge in [0.25, 0.3) is 0 Å². The summed E-state index contributed by atoms with van der Waals surface area (Å²) in [5, 5.41) is 3.48. The summed E-state index contributed by atoms with van der Waals surface area (Å²) in [6.45, 7) is 6.31. The van der Waals surface area contributed by atoms with Gasteiger partial charge in [0, 0.05) is 26.1 Å². The second kappa shape index (κ2) is 4.61. The number of hydrogen-bond acceptors (Lipinski definition) is 2. The first-order valence-electron chi connectivity index (χ1n) is 5.07. The van der Waals surface area contributed by atoms with E-state index >= 15 is 0 Å². The van der Waals surface area contributed by atoms with Crippen LogP contribution in [0.4, 0.5) is 0 Å². The van der Waals surface area contributed by atoms with Gasteiger partial charge < -0.3 is 10.2 Å². The Morgan fingerprint density at radius 2 is 2.31 bits per heavy atom. The fourth-order valence-electron chi connectivity index (χ4n) is 1.58. The summed E-state index contributed by atoms with van der Waals surface area (Å²) >= 11 is 0.